The fourth-order valence-corrected chi connectivity index (χ4v) is 2.50. The molecule has 0 fully saturated rings. The number of amides is 1. The Morgan fingerprint density at radius 2 is 2.00 bits per heavy atom. The summed E-state index contributed by atoms with van der Waals surface area (Å²) in [7, 11) is 0. The Hall–Kier alpha value is -3.00. The predicted molar refractivity (Wildman–Crippen MR) is 87.1 cm³/mol. The molecule has 23 heavy (non-hydrogen) atoms. The highest BCUT2D eigenvalue weighted by Crippen LogP contribution is 2.27. The van der Waals surface area contributed by atoms with Crippen molar-refractivity contribution in [1.82, 2.24) is 5.32 Å². The van der Waals surface area contributed by atoms with Crippen molar-refractivity contribution in [2.45, 2.75) is 19.0 Å². The zero-order chi connectivity index (χ0) is 16.1. The first-order valence-electron chi connectivity index (χ1n) is 7.54. The maximum atomic E-state index is 12.2. The van der Waals surface area contributed by atoms with Crippen LogP contribution in [0.1, 0.15) is 34.9 Å². The van der Waals surface area contributed by atoms with Gasteiger partial charge in [0, 0.05) is 12.1 Å². The van der Waals surface area contributed by atoms with Gasteiger partial charge < -0.3 is 15.4 Å². The lowest BCUT2D eigenvalue weighted by Gasteiger charge is -2.28. The van der Waals surface area contributed by atoms with Gasteiger partial charge in [0.2, 0.25) is 0 Å². The first kappa shape index (κ1) is 14.9. The number of nitrogens with zero attached hydrogens (tertiary/aromatic N) is 1. The number of carbonyl (C=O) groups is 1. The summed E-state index contributed by atoms with van der Waals surface area (Å²) in [6.07, 6.45) is 0.892. The average molecular weight is 307 g/mol. The molecule has 5 nitrogen and oxygen atoms in total. The molecule has 116 valence electrons. The van der Waals surface area contributed by atoms with Crippen molar-refractivity contribution in [3.05, 3.63) is 59.7 Å². The van der Waals surface area contributed by atoms with Crippen LogP contribution in [0.15, 0.2) is 48.5 Å². The number of benzene rings is 2. The molecular weight excluding hydrogens is 290 g/mol. The van der Waals surface area contributed by atoms with Gasteiger partial charge in [-0.1, -0.05) is 24.3 Å². The summed E-state index contributed by atoms with van der Waals surface area (Å²) in [5, 5.41) is 14.8. The molecule has 0 aliphatic carbocycles. The smallest absolute Gasteiger partial charge is 0.255 e. The van der Waals surface area contributed by atoms with Crippen LogP contribution in [-0.4, -0.2) is 12.5 Å². The standard InChI is InChI=1S/C18H17N3O2/c19-10-3-4-11-23-14-7-5-6-13(12-14)17-20-16-9-2-1-8-15(16)18(22)21-17/h1-2,5-9,12,17,20H,3-4,11H2,(H,21,22). The second-order valence-electron chi connectivity index (χ2n) is 5.28. The number of ether oxygens (including phenoxy) is 1. The molecule has 1 heterocycles. The second kappa shape index (κ2) is 6.84. The van der Waals surface area contributed by atoms with Crippen molar-refractivity contribution < 1.29 is 9.53 Å². The Kier molecular flexibility index (Phi) is 4.44. The predicted octanol–water partition coefficient (Wildman–Crippen LogP) is 3.22. The van der Waals surface area contributed by atoms with Gasteiger partial charge in [-0.15, -0.1) is 0 Å². The highest BCUT2D eigenvalue weighted by molar-refractivity contribution is 6.01. The van der Waals surface area contributed by atoms with E-state index in [2.05, 4.69) is 16.7 Å². The van der Waals surface area contributed by atoms with Crippen molar-refractivity contribution in [2.24, 2.45) is 0 Å². The molecule has 2 aromatic rings. The van der Waals surface area contributed by atoms with Gasteiger partial charge in [-0.05, 0) is 36.2 Å². The van der Waals surface area contributed by atoms with Gasteiger partial charge in [-0.3, -0.25) is 4.79 Å². The third kappa shape index (κ3) is 3.43. The molecule has 3 rings (SSSR count). The molecule has 5 heteroatoms. The van der Waals surface area contributed by atoms with Gasteiger partial charge in [-0.2, -0.15) is 5.26 Å². The lowest BCUT2D eigenvalue weighted by atomic mass is 10.1. The van der Waals surface area contributed by atoms with Crippen LogP contribution in [0.4, 0.5) is 5.69 Å². The average Bonchev–Trinajstić information content (AvgIpc) is 2.59. The minimum Gasteiger partial charge on any atom is -0.494 e. The number of anilines is 1. The largest absolute Gasteiger partial charge is 0.494 e. The lowest BCUT2D eigenvalue weighted by molar-refractivity contribution is 0.0935. The molecule has 1 amide bonds. The molecule has 1 aliphatic heterocycles. The summed E-state index contributed by atoms with van der Waals surface area (Å²) in [6, 6.07) is 17.1. The quantitative estimate of drug-likeness (QED) is 0.832. The van der Waals surface area contributed by atoms with Crippen LogP contribution < -0.4 is 15.4 Å². The molecule has 0 aromatic heterocycles. The van der Waals surface area contributed by atoms with Gasteiger partial charge in [0.1, 0.15) is 11.9 Å². The van der Waals surface area contributed by atoms with Gasteiger partial charge in [0.25, 0.3) is 5.91 Å². The molecule has 0 saturated carbocycles. The fourth-order valence-electron chi connectivity index (χ4n) is 2.50. The minimum atomic E-state index is -0.292. The molecule has 0 bridgehead atoms. The maximum absolute atomic E-state index is 12.2. The Balaban J connectivity index is 1.73. The number of unbranched alkanes of at least 4 members (excludes halogenated alkanes) is 1. The molecule has 2 N–H and O–H groups in total. The molecule has 1 aliphatic rings. The van der Waals surface area contributed by atoms with Crippen LogP contribution >= 0.6 is 0 Å². The summed E-state index contributed by atoms with van der Waals surface area (Å²) >= 11 is 0. The minimum absolute atomic E-state index is 0.0929. The van der Waals surface area contributed by atoms with Crippen molar-refractivity contribution in [2.75, 3.05) is 11.9 Å². The molecule has 1 atom stereocenters. The number of hydrogen-bond donors (Lipinski definition) is 2. The van der Waals surface area contributed by atoms with E-state index in [-0.39, 0.29) is 12.1 Å². The number of para-hydroxylation sites is 1. The number of carbonyl (C=O) groups excluding carboxylic acids is 1. The van der Waals surface area contributed by atoms with Gasteiger partial charge in [0.05, 0.1) is 18.2 Å². The van der Waals surface area contributed by atoms with E-state index in [1.165, 1.54) is 0 Å². The zero-order valence-electron chi connectivity index (χ0n) is 12.6. The van der Waals surface area contributed by atoms with E-state index >= 15 is 0 Å². The first-order chi connectivity index (χ1) is 11.3. The fraction of sp³-hybridized carbons (Fsp3) is 0.222. The number of hydrogen-bond acceptors (Lipinski definition) is 4. The van der Waals surface area contributed by atoms with E-state index in [1.54, 1.807) is 6.07 Å². The summed E-state index contributed by atoms with van der Waals surface area (Å²) in [5.74, 6) is 0.639. The van der Waals surface area contributed by atoms with E-state index in [4.69, 9.17) is 10.00 Å². The van der Waals surface area contributed by atoms with Gasteiger partial charge in [-0.25, -0.2) is 0 Å². The van der Waals surface area contributed by atoms with E-state index in [1.807, 2.05) is 42.5 Å². The van der Waals surface area contributed by atoms with Crippen molar-refractivity contribution in [3.63, 3.8) is 0 Å². The van der Waals surface area contributed by atoms with E-state index in [0.29, 0.717) is 25.0 Å². The summed E-state index contributed by atoms with van der Waals surface area (Å²) in [6.45, 7) is 0.504. The van der Waals surface area contributed by atoms with Crippen LogP contribution in [0.25, 0.3) is 0 Å². The van der Waals surface area contributed by atoms with Crippen LogP contribution in [0.2, 0.25) is 0 Å². The van der Waals surface area contributed by atoms with Crippen LogP contribution in [0.5, 0.6) is 5.75 Å². The Bertz CT molecular complexity index is 752. The first-order valence-corrected chi connectivity index (χ1v) is 7.54. The third-order valence-electron chi connectivity index (χ3n) is 3.64. The highest BCUT2D eigenvalue weighted by atomic mass is 16.5. The number of fused-ring (bicyclic) bond motifs is 1. The van der Waals surface area contributed by atoms with Crippen LogP contribution in [0.3, 0.4) is 0 Å². The van der Waals surface area contributed by atoms with Crippen molar-refractivity contribution in [3.8, 4) is 11.8 Å². The summed E-state index contributed by atoms with van der Waals surface area (Å²) in [4.78, 5) is 12.2. The third-order valence-corrected chi connectivity index (χ3v) is 3.64. The summed E-state index contributed by atoms with van der Waals surface area (Å²) in [5.41, 5.74) is 2.39. The SMILES string of the molecule is N#CCCCOc1cccc(C2NC(=O)c3ccccc3N2)c1. The number of rotatable bonds is 5. The zero-order valence-corrected chi connectivity index (χ0v) is 12.6. The highest BCUT2D eigenvalue weighted by Gasteiger charge is 2.24. The molecule has 0 saturated heterocycles. The Labute approximate surface area is 134 Å². The molecule has 0 spiro atoms. The van der Waals surface area contributed by atoms with Crippen LogP contribution in [0, 0.1) is 11.3 Å². The van der Waals surface area contributed by atoms with E-state index < -0.39 is 0 Å². The van der Waals surface area contributed by atoms with Crippen molar-refractivity contribution in [1.29, 1.82) is 5.26 Å². The number of nitriles is 1. The van der Waals surface area contributed by atoms with Crippen molar-refractivity contribution >= 4 is 11.6 Å². The lowest BCUT2D eigenvalue weighted by Crippen LogP contribution is -2.38. The molecule has 2 aromatic carbocycles. The molecule has 1 unspecified atom stereocenters. The second-order valence-corrected chi connectivity index (χ2v) is 5.28. The molecule has 0 radical (unpaired) electrons. The normalized spacial score (nSPS) is 15.8. The van der Waals surface area contributed by atoms with E-state index in [0.717, 1.165) is 17.0 Å². The van der Waals surface area contributed by atoms with Crippen LogP contribution in [-0.2, 0) is 0 Å². The maximum Gasteiger partial charge on any atom is 0.255 e. The summed E-state index contributed by atoms with van der Waals surface area (Å²) < 4.78 is 5.64. The van der Waals surface area contributed by atoms with E-state index in [9.17, 15) is 4.79 Å². The molecular formula is C18H17N3O2. The van der Waals surface area contributed by atoms with Gasteiger partial charge >= 0.3 is 0 Å². The topological polar surface area (TPSA) is 74.1 Å². The monoisotopic (exact) mass is 307 g/mol. The van der Waals surface area contributed by atoms with Gasteiger partial charge in [0.15, 0.2) is 0 Å². The Morgan fingerprint density at radius 3 is 2.87 bits per heavy atom. The number of nitrogens with one attached hydrogen (secondary N) is 2. The Morgan fingerprint density at radius 1 is 1.13 bits per heavy atom.